The molecule has 88 valence electrons. The zero-order valence-electron chi connectivity index (χ0n) is 9.80. The molecule has 1 atom stereocenters. The normalized spacial score (nSPS) is 19.4. The molecule has 1 aliphatic heterocycles. The van der Waals surface area contributed by atoms with Gasteiger partial charge < -0.3 is 4.74 Å². The molecule has 17 heavy (non-hydrogen) atoms. The van der Waals surface area contributed by atoms with E-state index in [9.17, 15) is 4.79 Å². The molecule has 0 saturated heterocycles. The summed E-state index contributed by atoms with van der Waals surface area (Å²) in [6.45, 7) is 0. The Labute approximate surface area is 101 Å². The Balaban J connectivity index is 2.17. The predicted octanol–water partition coefficient (Wildman–Crippen LogP) is 2.68. The first-order chi connectivity index (χ1) is 8.31. The minimum atomic E-state index is -0.225. The molecule has 1 aromatic rings. The maximum absolute atomic E-state index is 11.4. The lowest BCUT2D eigenvalue weighted by molar-refractivity contribution is -0.143. The highest BCUT2D eigenvalue weighted by Gasteiger charge is 2.18. The first-order valence-corrected chi connectivity index (χ1v) is 5.69. The summed E-state index contributed by atoms with van der Waals surface area (Å²) in [5, 5.41) is 0. The van der Waals surface area contributed by atoms with Gasteiger partial charge in [0.1, 0.15) is 0 Å². The second-order valence-electron chi connectivity index (χ2n) is 3.94. The maximum Gasteiger partial charge on any atom is 0.314 e. The van der Waals surface area contributed by atoms with Crippen LogP contribution < -0.4 is 0 Å². The average molecular weight is 229 g/mol. The Morgan fingerprint density at radius 3 is 2.82 bits per heavy atom. The molecular weight excluding hydrogens is 214 g/mol. The van der Waals surface area contributed by atoms with Gasteiger partial charge in [-0.25, -0.2) is 0 Å². The number of carbonyl (C=O) groups is 1. The molecule has 1 heterocycles. The molecule has 1 aliphatic rings. The van der Waals surface area contributed by atoms with Crippen LogP contribution in [0.2, 0.25) is 0 Å². The SMILES string of the molecule is COC(=O)C1C=NC(c2ccccc2)=CCC1. The minimum Gasteiger partial charge on any atom is -0.469 e. The number of hydrogen-bond acceptors (Lipinski definition) is 3. The van der Waals surface area contributed by atoms with Crippen molar-refractivity contribution in [1.29, 1.82) is 0 Å². The van der Waals surface area contributed by atoms with Gasteiger partial charge in [0.25, 0.3) is 0 Å². The first kappa shape index (κ1) is 11.6. The highest BCUT2D eigenvalue weighted by Crippen LogP contribution is 2.21. The van der Waals surface area contributed by atoms with Gasteiger partial charge in [0.15, 0.2) is 0 Å². The molecule has 0 fully saturated rings. The van der Waals surface area contributed by atoms with Crippen LogP contribution in [0.4, 0.5) is 0 Å². The highest BCUT2D eigenvalue weighted by atomic mass is 16.5. The number of rotatable bonds is 2. The Kier molecular flexibility index (Phi) is 3.70. The van der Waals surface area contributed by atoms with Crippen molar-refractivity contribution in [3.05, 3.63) is 42.0 Å². The van der Waals surface area contributed by atoms with E-state index < -0.39 is 0 Å². The van der Waals surface area contributed by atoms with Crippen molar-refractivity contribution >= 4 is 17.9 Å². The quantitative estimate of drug-likeness (QED) is 0.731. The van der Waals surface area contributed by atoms with Gasteiger partial charge in [0, 0.05) is 6.21 Å². The van der Waals surface area contributed by atoms with Crippen molar-refractivity contribution in [1.82, 2.24) is 0 Å². The van der Waals surface area contributed by atoms with Crippen molar-refractivity contribution in [3.8, 4) is 0 Å². The van der Waals surface area contributed by atoms with Crippen LogP contribution in [0.3, 0.4) is 0 Å². The zero-order chi connectivity index (χ0) is 12.1. The van der Waals surface area contributed by atoms with Crippen molar-refractivity contribution in [3.63, 3.8) is 0 Å². The molecule has 0 aromatic heterocycles. The molecule has 0 bridgehead atoms. The van der Waals surface area contributed by atoms with Crippen molar-refractivity contribution in [2.24, 2.45) is 10.9 Å². The topological polar surface area (TPSA) is 38.7 Å². The second kappa shape index (κ2) is 5.43. The van der Waals surface area contributed by atoms with Crippen LogP contribution in [-0.4, -0.2) is 19.3 Å². The van der Waals surface area contributed by atoms with E-state index in [0.717, 1.165) is 24.1 Å². The fraction of sp³-hybridized carbons (Fsp3) is 0.286. The number of nitrogens with zero attached hydrogens (tertiary/aromatic N) is 1. The standard InChI is InChI=1S/C14H15NO2/c1-17-14(16)12-8-5-9-13(15-10-12)11-6-3-2-4-7-11/h2-4,6-7,9-10,12H,5,8H2,1H3. The van der Waals surface area contributed by atoms with Crippen molar-refractivity contribution in [2.75, 3.05) is 7.11 Å². The lowest BCUT2D eigenvalue weighted by Gasteiger charge is -2.05. The van der Waals surface area contributed by atoms with E-state index in [4.69, 9.17) is 4.74 Å². The third-order valence-corrected chi connectivity index (χ3v) is 2.78. The zero-order valence-corrected chi connectivity index (χ0v) is 9.80. The molecule has 0 spiro atoms. The summed E-state index contributed by atoms with van der Waals surface area (Å²) >= 11 is 0. The molecule has 2 rings (SSSR count). The van der Waals surface area contributed by atoms with Gasteiger partial charge in [0.05, 0.1) is 18.7 Å². The van der Waals surface area contributed by atoms with Gasteiger partial charge in [0.2, 0.25) is 0 Å². The predicted molar refractivity (Wildman–Crippen MR) is 67.7 cm³/mol. The summed E-state index contributed by atoms with van der Waals surface area (Å²) in [5.41, 5.74) is 2.01. The summed E-state index contributed by atoms with van der Waals surface area (Å²) < 4.78 is 4.73. The van der Waals surface area contributed by atoms with Crippen LogP contribution in [0.15, 0.2) is 41.4 Å². The average Bonchev–Trinajstić information content (AvgIpc) is 2.64. The Morgan fingerprint density at radius 1 is 1.35 bits per heavy atom. The maximum atomic E-state index is 11.4. The monoisotopic (exact) mass is 229 g/mol. The smallest absolute Gasteiger partial charge is 0.314 e. The molecule has 3 nitrogen and oxygen atoms in total. The molecule has 1 unspecified atom stereocenters. The van der Waals surface area contributed by atoms with Crippen LogP contribution in [-0.2, 0) is 9.53 Å². The van der Waals surface area contributed by atoms with Crippen LogP contribution in [0.25, 0.3) is 5.70 Å². The van der Waals surface area contributed by atoms with E-state index >= 15 is 0 Å². The third kappa shape index (κ3) is 2.81. The molecule has 1 aromatic carbocycles. The number of ether oxygens (including phenoxy) is 1. The van der Waals surface area contributed by atoms with Gasteiger partial charge in [-0.3, -0.25) is 9.79 Å². The van der Waals surface area contributed by atoms with Crippen LogP contribution >= 0.6 is 0 Å². The Hall–Kier alpha value is -1.90. The van der Waals surface area contributed by atoms with Crippen LogP contribution in [0, 0.1) is 5.92 Å². The third-order valence-electron chi connectivity index (χ3n) is 2.78. The molecular formula is C14H15NO2. The second-order valence-corrected chi connectivity index (χ2v) is 3.94. The summed E-state index contributed by atoms with van der Waals surface area (Å²) in [5.74, 6) is -0.436. The molecule has 0 N–H and O–H groups in total. The van der Waals surface area contributed by atoms with Crippen molar-refractivity contribution in [2.45, 2.75) is 12.8 Å². The highest BCUT2D eigenvalue weighted by molar-refractivity contribution is 5.92. The number of methoxy groups -OCH3 is 1. The minimum absolute atomic E-state index is 0.212. The number of allylic oxidation sites excluding steroid dienone is 1. The van der Waals surface area contributed by atoms with Gasteiger partial charge >= 0.3 is 5.97 Å². The van der Waals surface area contributed by atoms with E-state index in [1.165, 1.54) is 7.11 Å². The summed E-state index contributed by atoms with van der Waals surface area (Å²) in [7, 11) is 1.41. The Morgan fingerprint density at radius 2 is 2.12 bits per heavy atom. The van der Waals surface area contributed by atoms with E-state index in [1.54, 1.807) is 6.21 Å². The molecule has 0 aliphatic carbocycles. The number of hydrogen-bond donors (Lipinski definition) is 0. The lowest BCUT2D eigenvalue weighted by atomic mass is 10.1. The number of esters is 1. The summed E-state index contributed by atoms with van der Waals surface area (Å²) in [6, 6.07) is 9.97. The first-order valence-electron chi connectivity index (χ1n) is 5.69. The van der Waals surface area contributed by atoms with Gasteiger partial charge in [-0.15, -0.1) is 0 Å². The van der Waals surface area contributed by atoms with Crippen LogP contribution in [0.5, 0.6) is 0 Å². The summed E-state index contributed by atoms with van der Waals surface area (Å²) in [4.78, 5) is 15.8. The van der Waals surface area contributed by atoms with Gasteiger partial charge in [-0.2, -0.15) is 0 Å². The van der Waals surface area contributed by atoms with E-state index in [2.05, 4.69) is 11.1 Å². The number of carbonyl (C=O) groups excluding carboxylic acids is 1. The molecule has 3 heteroatoms. The largest absolute Gasteiger partial charge is 0.469 e. The summed E-state index contributed by atoms with van der Waals surface area (Å²) in [6.07, 6.45) is 5.35. The molecule has 0 radical (unpaired) electrons. The van der Waals surface area contributed by atoms with Gasteiger partial charge in [-0.1, -0.05) is 36.4 Å². The van der Waals surface area contributed by atoms with E-state index in [1.807, 2.05) is 30.3 Å². The van der Waals surface area contributed by atoms with Crippen LogP contribution in [0.1, 0.15) is 18.4 Å². The number of aliphatic imine (C=N–C) groups is 1. The molecule has 0 saturated carbocycles. The van der Waals surface area contributed by atoms with E-state index in [-0.39, 0.29) is 11.9 Å². The molecule has 0 amide bonds. The Bertz CT molecular complexity index is 449. The van der Waals surface area contributed by atoms with Crippen molar-refractivity contribution < 1.29 is 9.53 Å². The fourth-order valence-corrected chi connectivity index (χ4v) is 1.83. The lowest BCUT2D eigenvalue weighted by Crippen LogP contribution is -2.16. The number of benzene rings is 1. The van der Waals surface area contributed by atoms with E-state index in [0.29, 0.717) is 0 Å². The van der Waals surface area contributed by atoms with Gasteiger partial charge in [-0.05, 0) is 18.4 Å². The fourth-order valence-electron chi connectivity index (χ4n) is 1.83.